The number of carbonyl (C=O) groups excluding carboxylic acids is 1. The molecular formula is C12H17Cl2N3O2S. The molecule has 3 N–H and O–H groups in total. The molecule has 20 heavy (non-hydrogen) atoms. The molecule has 2 aromatic rings. The van der Waals surface area contributed by atoms with Gasteiger partial charge in [-0.2, -0.15) is 0 Å². The van der Waals surface area contributed by atoms with E-state index >= 15 is 0 Å². The van der Waals surface area contributed by atoms with Crippen LogP contribution in [0.4, 0.5) is 0 Å². The SMILES string of the molecule is CC(C)(N)CNC(=O)c1cnc(-c2ccco2)s1.Cl.Cl. The van der Waals surface area contributed by atoms with Crippen molar-refractivity contribution >= 4 is 42.1 Å². The zero-order chi connectivity index (χ0) is 13.2. The lowest BCUT2D eigenvalue weighted by molar-refractivity contribution is 0.0950. The second kappa shape index (κ2) is 7.64. The summed E-state index contributed by atoms with van der Waals surface area (Å²) in [7, 11) is 0. The summed E-state index contributed by atoms with van der Waals surface area (Å²) in [6.45, 7) is 4.13. The Labute approximate surface area is 133 Å². The lowest BCUT2D eigenvalue weighted by Crippen LogP contribution is -2.44. The summed E-state index contributed by atoms with van der Waals surface area (Å²) in [5, 5.41) is 3.47. The first-order chi connectivity index (χ1) is 8.46. The van der Waals surface area contributed by atoms with Gasteiger partial charge < -0.3 is 15.5 Å². The van der Waals surface area contributed by atoms with Crippen molar-refractivity contribution in [1.82, 2.24) is 10.3 Å². The maximum atomic E-state index is 11.8. The molecule has 112 valence electrons. The highest BCUT2D eigenvalue weighted by Gasteiger charge is 2.16. The first-order valence-electron chi connectivity index (χ1n) is 5.52. The van der Waals surface area contributed by atoms with Crippen LogP contribution in [0.1, 0.15) is 23.5 Å². The number of halogens is 2. The van der Waals surface area contributed by atoms with Gasteiger partial charge in [0.1, 0.15) is 4.88 Å². The quantitative estimate of drug-likeness (QED) is 0.898. The monoisotopic (exact) mass is 337 g/mol. The minimum absolute atomic E-state index is 0. The first-order valence-corrected chi connectivity index (χ1v) is 6.34. The molecule has 0 aliphatic heterocycles. The minimum atomic E-state index is -0.426. The van der Waals surface area contributed by atoms with Gasteiger partial charge in [0.2, 0.25) is 0 Å². The second-order valence-corrected chi connectivity index (χ2v) is 5.71. The molecule has 0 bridgehead atoms. The van der Waals surface area contributed by atoms with E-state index in [9.17, 15) is 4.79 Å². The number of furan rings is 1. The molecule has 0 aliphatic rings. The molecule has 5 nitrogen and oxygen atoms in total. The van der Waals surface area contributed by atoms with Gasteiger partial charge >= 0.3 is 0 Å². The standard InChI is InChI=1S/C12H15N3O2S.2ClH/c1-12(2,13)7-15-10(16)9-6-14-11(18-9)8-4-3-5-17-8;;/h3-6H,7,13H2,1-2H3,(H,15,16);2*1H. The Morgan fingerprint density at radius 2 is 2.20 bits per heavy atom. The number of amides is 1. The number of carbonyl (C=O) groups is 1. The third-order valence-electron chi connectivity index (χ3n) is 2.17. The Hall–Kier alpha value is -1.08. The Balaban J connectivity index is 0.00000180. The van der Waals surface area contributed by atoms with E-state index in [1.807, 2.05) is 19.9 Å². The molecule has 0 spiro atoms. The molecule has 0 radical (unpaired) electrons. The van der Waals surface area contributed by atoms with Crippen LogP contribution in [0.25, 0.3) is 10.8 Å². The van der Waals surface area contributed by atoms with Gasteiger partial charge in [0.15, 0.2) is 10.8 Å². The molecule has 0 saturated heterocycles. The average Bonchev–Trinajstić information content (AvgIpc) is 2.94. The predicted octanol–water partition coefficient (Wildman–Crippen LogP) is 2.71. The molecule has 0 atom stereocenters. The van der Waals surface area contributed by atoms with Gasteiger partial charge in [-0.15, -0.1) is 36.2 Å². The number of nitrogens with two attached hydrogens (primary N) is 1. The van der Waals surface area contributed by atoms with Crippen LogP contribution in [-0.4, -0.2) is 23.0 Å². The van der Waals surface area contributed by atoms with E-state index in [2.05, 4.69) is 10.3 Å². The van der Waals surface area contributed by atoms with Crippen molar-refractivity contribution in [3.05, 3.63) is 29.5 Å². The van der Waals surface area contributed by atoms with E-state index in [1.165, 1.54) is 11.3 Å². The van der Waals surface area contributed by atoms with Crippen LogP contribution in [0, 0.1) is 0 Å². The first kappa shape index (κ1) is 18.9. The van der Waals surface area contributed by atoms with Crippen LogP contribution in [0.5, 0.6) is 0 Å². The molecule has 2 heterocycles. The Kier molecular flexibility index (Phi) is 7.22. The van der Waals surface area contributed by atoms with E-state index < -0.39 is 5.54 Å². The number of nitrogens with zero attached hydrogens (tertiary/aromatic N) is 1. The van der Waals surface area contributed by atoms with E-state index in [1.54, 1.807) is 18.5 Å². The van der Waals surface area contributed by atoms with Crippen LogP contribution in [0.15, 0.2) is 29.0 Å². The van der Waals surface area contributed by atoms with E-state index in [0.717, 1.165) is 0 Å². The van der Waals surface area contributed by atoms with Crippen LogP contribution in [0.3, 0.4) is 0 Å². The van der Waals surface area contributed by atoms with Gasteiger partial charge in [-0.05, 0) is 26.0 Å². The maximum Gasteiger partial charge on any atom is 0.263 e. The minimum Gasteiger partial charge on any atom is -0.462 e. The van der Waals surface area contributed by atoms with Gasteiger partial charge in [-0.25, -0.2) is 4.98 Å². The van der Waals surface area contributed by atoms with Gasteiger partial charge in [-0.3, -0.25) is 4.79 Å². The van der Waals surface area contributed by atoms with Crippen LogP contribution in [0.2, 0.25) is 0 Å². The van der Waals surface area contributed by atoms with Gasteiger partial charge in [0.05, 0.1) is 12.5 Å². The fraction of sp³-hybridized carbons (Fsp3) is 0.333. The van der Waals surface area contributed by atoms with E-state index in [4.69, 9.17) is 10.2 Å². The van der Waals surface area contributed by atoms with Gasteiger partial charge in [0.25, 0.3) is 5.91 Å². The number of hydrogen-bond donors (Lipinski definition) is 2. The van der Waals surface area contributed by atoms with Crippen molar-refractivity contribution in [3.8, 4) is 10.8 Å². The summed E-state index contributed by atoms with van der Waals surface area (Å²) < 4.78 is 5.22. The summed E-state index contributed by atoms with van der Waals surface area (Å²) in [4.78, 5) is 16.6. The number of rotatable bonds is 4. The molecule has 0 unspecified atom stereocenters. The van der Waals surface area contributed by atoms with E-state index in [-0.39, 0.29) is 30.7 Å². The summed E-state index contributed by atoms with van der Waals surface area (Å²) in [6, 6.07) is 3.59. The normalized spacial score (nSPS) is 10.3. The molecule has 1 amide bonds. The molecule has 0 fully saturated rings. The number of thiazole rings is 1. The molecule has 2 aromatic heterocycles. The largest absolute Gasteiger partial charge is 0.462 e. The highest BCUT2D eigenvalue weighted by Crippen LogP contribution is 2.25. The van der Waals surface area contributed by atoms with Crippen LogP contribution < -0.4 is 11.1 Å². The summed E-state index contributed by atoms with van der Waals surface area (Å²) in [5.74, 6) is 0.502. The third kappa shape index (κ3) is 5.13. The molecule has 0 aliphatic carbocycles. The average molecular weight is 338 g/mol. The zero-order valence-corrected chi connectivity index (χ0v) is 13.5. The van der Waals surface area contributed by atoms with E-state index in [0.29, 0.717) is 22.2 Å². The maximum absolute atomic E-state index is 11.8. The van der Waals surface area contributed by atoms with Crippen molar-refractivity contribution in [2.24, 2.45) is 5.73 Å². The fourth-order valence-electron chi connectivity index (χ4n) is 1.29. The van der Waals surface area contributed by atoms with Crippen molar-refractivity contribution in [2.75, 3.05) is 6.54 Å². The lowest BCUT2D eigenvalue weighted by atomic mass is 10.1. The van der Waals surface area contributed by atoms with Crippen LogP contribution in [-0.2, 0) is 0 Å². The third-order valence-corrected chi connectivity index (χ3v) is 3.18. The molecule has 8 heteroatoms. The van der Waals surface area contributed by atoms with Crippen molar-refractivity contribution < 1.29 is 9.21 Å². The molecule has 2 rings (SSSR count). The van der Waals surface area contributed by atoms with Crippen LogP contribution >= 0.6 is 36.2 Å². The van der Waals surface area contributed by atoms with Crippen molar-refractivity contribution in [3.63, 3.8) is 0 Å². The predicted molar refractivity (Wildman–Crippen MR) is 84.9 cm³/mol. The number of nitrogens with one attached hydrogen (secondary N) is 1. The summed E-state index contributed by atoms with van der Waals surface area (Å²) in [6.07, 6.45) is 3.12. The second-order valence-electron chi connectivity index (χ2n) is 4.68. The molecule has 0 aromatic carbocycles. The van der Waals surface area contributed by atoms with Crippen molar-refractivity contribution in [1.29, 1.82) is 0 Å². The highest BCUT2D eigenvalue weighted by atomic mass is 35.5. The highest BCUT2D eigenvalue weighted by molar-refractivity contribution is 7.16. The van der Waals surface area contributed by atoms with Gasteiger partial charge in [-0.1, -0.05) is 0 Å². The number of aromatic nitrogens is 1. The number of hydrogen-bond acceptors (Lipinski definition) is 5. The van der Waals surface area contributed by atoms with Crippen molar-refractivity contribution in [2.45, 2.75) is 19.4 Å². The Morgan fingerprint density at radius 1 is 1.50 bits per heavy atom. The Morgan fingerprint density at radius 3 is 2.75 bits per heavy atom. The summed E-state index contributed by atoms with van der Waals surface area (Å²) >= 11 is 1.29. The zero-order valence-electron chi connectivity index (χ0n) is 11.1. The topological polar surface area (TPSA) is 81.1 Å². The fourth-order valence-corrected chi connectivity index (χ4v) is 2.09. The lowest BCUT2D eigenvalue weighted by Gasteiger charge is -2.18. The van der Waals surface area contributed by atoms with Gasteiger partial charge in [0, 0.05) is 12.1 Å². The Bertz CT molecular complexity index is 535. The molecular weight excluding hydrogens is 321 g/mol. The smallest absolute Gasteiger partial charge is 0.263 e. The molecule has 0 saturated carbocycles. The summed E-state index contributed by atoms with van der Waals surface area (Å²) in [5.41, 5.74) is 5.38.